The van der Waals surface area contributed by atoms with E-state index in [4.69, 9.17) is 11.6 Å². The average Bonchev–Trinajstić information content (AvgIpc) is 3.28. The first-order chi connectivity index (χ1) is 15.2. The fraction of sp³-hybridized carbons (Fsp3) is 0.318. The molecule has 0 spiro atoms. The van der Waals surface area contributed by atoms with E-state index < -0.39 is 15.9 Å². The molecule has 0 saturated carbocycles. The van der Waals surface area contributed by atoms with Crippen molar-refractivity contribution in [3.63, 3.8) is 0 Å². The molecule has 4 rings (SSSR count). The van der Waals surface area contributed by atoms with Crippen LogP contribution in [0.3, 0.4) is 0 Å². The predicted octanol–water partition coefficient (Wildman–Crippen LogP) is 3.84. The van der Waals surface area contributed by atoms with Gasteiger partial charge < -0.3 is 5.32 Å². The number of piperidine rings is 1. The number of nitrogens with one attached hydrogen (secondary N) is 1. The Kier molecular flexibility index (Phi) is 6.32. The molecule has 1 amide bonds. The lowest BCUT2D eigenvalue weighted by atomic mass is 9.94. The molecule has 2 unspecified atom stereocenters. The number of rotatable bonds is 5. The van der Waals surface area contributed by atoms with Crippen molar-refractivity contribution < 1.29 is 13.2 Å². The number of carbonyl (C=O) groups is 1. The van der Waals surface area contributed by atoms with Gasteiger partial charge >= 0.3 is 0 Å². The van der Waals surface area contributed by atoms with Crippen LogP contribution in [0.15, 0.2) is 60.0 Å². The molecule has 2 atom stereocenters. The molecule has 0 radical (unpaired) electrons. The van der Waals surface area contributed by atoms with Gasteiger partial charge in [0.15, 0.2) is 0 Å². The summed E-state index contributed by atoms with van der Waals surface area (Å²) in [6.45, 7) is 5.15. The van der Waals surface area contributed by atoms with Crippen LogP contribution in [0.1, 0.15) is 30.6 Å². The third kappa shape index (κ3) is 4.69. The van der Waals surface area contributed by atoms with Crippen LogP contribution in [0.25, 0.3) is 5.69 Å². The van der Waals surface area contributed by atoms with Gasteiger partial charge in [0.05, 0.1) is 16.3 Å². The van der Waals surface area contributed by atoms with Gasteiger partial charge in [0.2, 0.25) is 10.0 Å². The summed E-state index contributed by atoms with van der Waals surface area (Å²) < 4.78 is 29.2. The third-order valence-corrected chi connectivity index (χ3v) is 7.54. The summed E-state index contributed by atoms with van der Waals surface area (Å²) >= 11 is 6.10. The monoisotopic (exact) mass is 473 g/mol. The highest BCUT2D eigenvalue weighted by molar-refractivity contribution is 7.89. The van der Waals surface area contributed by atoms with Crippen molar-refractivity contribution in [2.24, 2.45) is 11.8 Å². The Hall–Kier alpha value is -2.75. The maximum absolute atomic E-state index is 13.1. The van der Waals surface area contributed by atoms with E-state index in [9.17, 15) is 13.2 Å². The van der Waals surface area contributed by atoms with Gasteiger partial charge in [-0.2, -0.15) is 9.40 Å². The number of benzene rings is 2. The molecule has 2 aromatic carbocycles. The molecular weight excluding hydrogens is 450 g/mol. The van der Waals surface area contributed by atoms with Crippen molar-refractivity contribution in [1.29, 1.82) is 0 Å². The predicted molar refractivity (Wildman–Crippen MR) is 122 cm³/mol. The molecule has 1 N–H and O–H groups in total. The minimum Gasteiger partial charge on any atom is -0.320 e. The number of anilines is 1. The Morgan fingerprint density at radius 2 is 1.78 bits per heavy atom. The Bertz CT molecular complexity index is 1200. The molecule has 1 aliphatic heterocycles. The van der Waals surface area contributed by atoms with Crippen LogP contribution in [-0.2, 0) is 10.0 Å². The lowest BCUT2D eigenvalue weighted by Crippen LogP contribution is -2.42. The molecule has 1 aromatic heterocycles. The molecule has 1 aliphatic rings. The highest BCUT2D eigenvalue weighted by Gasteiger charge is 2.31. The molecule has 168 valence electrons. The van der Waals surface area contributed by atoms with Crippen molar-refractivity contribution in [3.05, 3.63) is 65.7 Å². The molecule has 1 saturated heterocycles. The number of carbonyl (C=O) groups excluding carboxylic acids is 1. The number of nitrogens with zero attached hydrogens (tertiary/aromatic N) is 4. The molecule has 1 fully saturated rings. The van der Waals surface area contributed by atoms with Crippen LogP contribution in [0.2, 0.25) is 5.02 Å². The number of aromatic nitrogens is 3. The van der Waals surface area contributed by atoms with Crippen LogP contribution < -0.4 is 5.32 Å². The first kappa shape index (κ1) is 22.4. The minimum absolute atomic E-state index is 0.182. The van der Waals surface area contributed by atoms with Crippen molar-refractivity contribution >= 4 is 33.2 Å². The van der Waals surface area contributed by atoms with Crippen molar-refractivity contribution in [2.45, 2.75) is 25.2 Å². The number of amides is 1. The summed E-state index contributed by atoms with van der Waals surface area (Å²) in [7, 11) is -3.61. The molecule has 8 nitrogen and oxygen atoms in total. The molecule has 2 heterocycles. The van der Waals surface area contributed by atoms with Gasteiger partial charge in [-0.3, -0.25) is 4.79 Å². The van der Waals surface area contributed by atoms with Gasteiger partial charge in [-0.25, -0.2) is 18.1 Å². The maximum Gasteiger partial charge on any atom is 0.255 e. The normalized spacial score (nSPS) is 19.6. The Morgan fingerprint density at radius 3 is 2.41 bits per heavy atom. The van der Waals surface area contributed by atoms with E-state index in [1.54, 1.807) is 18.2 Å². The fourth-order valence-electron chi connectivity index (χ4n) is 4.06. The van der Waals surface area contributed by atoms with Gasteiger partial charge in [0.25, 0.3) is 5.91 Å². The summed E-state index contributed by atoms with van der Waals surface area (Å²) in [5.41, 5.74) is 1.39. The van der Waals surface area contributed by atoms with Gasteiger partial charge in [-0.15, -0.1) is 0 Å². The average molecular weight is 474 g/mol. The van der Waals surface area contributed by atoms with Gasteiger partial charge in [0, 0.05) is 23.7 Å². The van der Waals surface area contributed by atoms with E-state index in [1.165, 1.54) is 45.9 Å². The molecule has 0 bridgehead atoms. The van der Waals surface area contributed by atoms with Gasteiger partial charge in [-0.1, -0.05) is 25.4 Å². The lowest BCUT2D eigenvalue weighted by molar-refractivity contribution is 0.102. The first-order valence-corrected chi connectivity index (χ1v) is 12.1. The highest BCUT2D eigenvalue weighted by Crippen LogP contribution is 2.28. The van der Waals surface area contributed by atoms with E-state index in [1.807, 2.05) is 0 Å². The highest BCUT2D eigenvalue weighted by atomic mass is 35.5. The Labute approximate surface area is 192 Å². The zero-order valence-electron chi connectivity index (χ0n) is 17.8. The lowest BCUT2D eigenvalue weighted by Gasteiger charge is -2.34. The molecule has 3 aromatic rings. The van der Waals surface area contributed by atoms with Crippen molar-refractivity contribution in [2.75, 3.05) is 18.4 Å². The van der Waals surface area contributed by atoms with Crippen LogP contribution in [0.4, 0.5) is 5.69 Å². The SMILES string of the molecule is CC1CC(C)CN(S(=O)(=O)c2ccc(C(=O)Nc3cc(Cl)ccc3-n3cncn3)cc2)C1. The second-order valence-corrected chi connectivity index (χ2v) is 10.6. The maximum atomic E-state index is 13.1. The summed E-state index contributed by atoms with van der Waals surface area (Å²) in [5.74, 6) is 0.240. The van der Waals surface area contributed by atoms with Crippen LogP contribution in [0, 0.1) is 11.8 Å². The van der Waals surface area contributed by atoms with Gasteiger partial charge in [0.1, 0.15) is 12.7 Å². The zero-order chi connectivity index (χ0) is 22.9. The van der Waals surface area contributed by atoms with E-state index in [-0.39, 0.29) is 4.90 Å². The van der Waals surface area contributed by atoms with Crippen molar-refractivity contribution in [3.8, 4) is 5.69 Å². The third-order valence-electron chi connectivity index (χ3n) is 5.46. The Balaban J connectivity index is 1.54. The first-order valence-electron chi connectivity index (χ1n) is 10.3. The number of hydrogen-bond acceptors (Lipinski definition) is 5. The fourth-order valence-corrected chi connectivity index (χ4v) is 5.92. The van der Waals surface area contributed by atoms with Crippen LogP contribution >= 0.6 is 11.6 Å². The van der Waals surface area contributed by atoms with E-state index in [0.29, 0.717) is 46.9 Å². The van der Waals surface area contributed by atoms with Crippen LogP contribution in [-0.4, -0.2) is 46.5 Å². The molecular formula is C22H24ClN5O3S. The van der Waals surface area contributed by atoms with E-state index in [0.717, 1.165) is 6.42 Å². The zero-order valence-corrected chi connectivity index (χ0v) is 19.3. The van der Waals surface area contributed by atoms with Crippen molar-refractivity contribution in [1.82, 2.24) is 19.1 Å². The summed E-state index contributed by atoms with van der Waals surface area (Å²) in [4.78, 5) is 16.9. The van der Waals surface area contributed by atoms with Crippen LogP contribution in [0.5, 0.6) is 0 Å². The molecule has 0 aliphatic carbocycles. The largest absolute Gasteiger partial charge is 0.320 e. The number of halogens is 1. The number of hydrogen-bond donors (Lipinski definition) is 1. The smallest absolute Gasteiger partial charge is 0.255 e. The van der Waals surface area contributed by atoms with E-state index >= 15 is 0 Å². The topological polar surface area (TPSA) is 97.2 Å². The molecule has 10 heteroatoms. The Morgan fingerprint density at radius 1 is 1.09 bits per heavy atom. The number of sulfonamides is 1. The van der Waals surface area contributed by atoms with Gasteiger partial charge in [-0.05, 0) is 60.7 Å². The second-order valence-electron chi connectivity index (χ2n) is 8.25. The minimum atomic E-state index is -3.61. The molecule has 32 heavy (non-hydrogen) atoms. The second kappa shape index (κ2) is 9.01. The standard InChI is InChI=1S/C22H24ClN5O3S/c1-15-9-16(2)12-27(11-15)32(30,31)19-6-3-17(4-7-19)22(29)26-20-10-18(23)5-8-21(20)28-14-24-13-25-28/h3-8,10,13-16H,9,11-12H2,1-2H3,(H,26,29). The van der Waals surface area contributed by atoms with E-state index in [2.05, 4.69) is 29.2 Å². The quantitative estimate of drug-likeness (QED) is 0.607. The summed E-state index contributed by atoms with van der Waals surface area (Å²) in [6, 6.07) is 11.0. The summed E-state index contributed by atoms with van der Waals surface area (Å²) in [6.07, 6.45) is 3.93. The summed E-state index contributed by atoms with van der Waals surface area (Å²) in [5, 5.41) is 7.36.